The van der Waals surface area contributed by atoms with Gasteiger partial charge in [-0.1, -0.05) is 19.1 Å². The van der Waals surface area contributed by atoms with Crippen LogP contribution in [0.2, 0.25) is 0 Å². The lowest BCUT2D eigenvalue weighted by Gasteiger charge is -2.11. The third kappa shape index (κ3) is 4.28. The molecular formula is C16H20O3. The predicted octanol–water partition coefficient (Wildman–Crippen LogP) is 3.55. The quantitative estimate of drug-likeness (QED) is 0.463. The van der Waals surface area contributed by atoms with E-state index in [1.54, 1.807) is 24.3 Å². The molecule has 3 nitrogen and oxygen atoms in total. The fraction of sp³-hybridized carbons (Fsp3) is 0.312. The number of benzene rings is 1. The van der Waals surface area contributed by atoms with Gasteiger partial charge in [0.2, 0.25) is 0 Å². The molecule has 1 aromatic carbocycles. The van der Waals surface area contributed by atoms with Gasteiger partial charge in [0.05, 0.1) is 0 Å². The molecular weight excluding hydrogens is 240 g/mol. The van der Waals surface area contributed by atoms with Gasteiger partial charge in [0, 0.05) is 17.5 Å². The molecule has 1 N–H and O–H groups in total. The Bertz CT molecular complexity index is 444. The summed E-state index contributed by atoms with van der Waals surface area (Å²) >= 11 is 0. The second kappa shape index (κ2) is 7.41. The lowest BCUT2D eigenvalue weighted by atomic mass is 10.0. The highest BCUT2D eigenvalue weighted by molar-refractivity contribution is 5.72. The molecule has 102 valence electrons. The van der Waals surface area contributed by atoms with Crippen LogP contribution in [0.1, 0.15) is 30.9 Å². The molecule has 0 saturated carbocycles. The van der Waals surface area contributed by atoms with Crippen molar-refractivity contribution in [2.45, 2.75) is 32.6 Å². The molecule has 0 aliphatic heterocycles. The molecule has 0 amide bonds. The smallest absolute Gasteiger partial charge is 0.311 e. The third-order valence-electron chi connectivity index (χ3n) is 2.66. The number of rotatable bonds is 7. The topological polar surface area (TPSA) is 46.5 Å². The maximum absolute atomic E-state index is 11.5. The summed E-state index contributed by atoms with van der Waals surface area (Å²) in [6.07, 6.45) is 5.57. The van der Waals surface area contributed by atoms with Crippen molar-refractivity contribution in [3.8, 4) is 11.5 Å². The van der Waals surface area contributed by atoms with Gasteiger partial charge < -0.3 is 9.84 Å². The molecule has 19 heavy (non-hydrogen) atoms. The molecule has 0 heterocycles. The van der Waals surface area contributed by atoms with Crippen LogP contribution in [0.5, 0.6) is 11.5 Å². The molecule has 0 aliphatic carbocycles. The number of phenols is 1. The Morgan fingerprint density at radius 2 is 1.79 bits per heavy atom. The van der Waals surface area contributed by atoms with Gasteiger partial charge >= 0.3 is 5.97 Å². The molecule has 0 atom stereocenters. The summed E-state index contributed by atoms with van der Waals surface area (Å²) in [5, 5.41) is 10.1. The number of phenolic OH excluding ortho intramolecular Hbond substituents is 1. The van der Waals surface area contributed by atoms with Gasteiger partial charge in [-0.05, 0) is 31.4 Å². The van der Waals surface area contributed by atoms with Crippen molar-refractivity contribution in [1.29, 1.82) is 0 Å². The molecule has 0 radical (unpaired) electrons. The second-order valence-electron chi connectivity index (χ2n) is 4.30. The Labute approximate surface area is 114 Å². The van der Waals surface area contributed by atoms with Gasteiger partial charge in [0.25, 0.3) is 0 Å². The molecule has 0 fully saturated rings. The van der Waals surface area contributed by atoms with E-state index in [1.807, 2.05) is 6.92 Å². The minimum Gasteiger partial charge on any atom is -0.507 e. The van der Waals surface area contributed by atoms with E-state index in [1.165, 1.54) is 0 Å². The van der Waals surface area contributed by atoms with Crippen LogP contribution in [0.25, 0.3) is 0 Å². The van der Waals surface area contributed by atoms with E-state index in [-0.39, 0.29) is 11.7 Å². The average molecular weight is 260 g/mol. The Balaban J connectivity index is 3.06. The van der Waals surface area contributed by atoms with Crippen molar-refractivity contribution < 1.29 is 14.6 Å². The molecule has 0 aliphatic rings. The molecule has 0 unspecified atom stereocenters. The first-order valence-electron chi connectivity index (χ1n) is 6.39. The van der Waals surface area contributed by atoms with Gasteiger partial charge in [-0.2, -0.15) is 0 Å². The number of carbonyl (C=O) groups excluding carboxylic acids is 1. The van der Waals surface area contributed by atoms with Crippen molar-refractivity contribution in [3.63, 3.8) is 0 Å². The molecule has 3 heteroatoms. The summed E-state index contributed by atoms with van der Waals surface area (Å²) in [6, 6.07) is 3.36. The largest absolute Gasteiger partial charge is 0.507 e. The first-order valence-corrected chi connectivity index (χ1v) is 6.39. The zero-order valence-electron chi connectivity index (χ0n) is 11.3. The summed E-state index contributed by atoms with van der Waals surface area (Å²) in [5.74, 6) is 0.419. The number of esters is 1. The van der Waals surface area contributed by atoms with Crippen LogP contribution < -0.4 is 4.74 Å². The van der Waals surface area contributed by atoms with E-state index in [4.69, 9.17) is 4.74 Å². The summed E-state index contributed by atoms with van der Waals surface area (Å²) in [6.45, 7) is 9.23. The first kappa shape index (κ1) is 15.0. The Kier molecular flexibility index (Phi) is 5.86. The highest BCUT2D eigenvalue weighted by atomic mass is 16.5. The zero-order valence-corrected chi connectivity index (χ0v) is 11.3. The van der Waals surface area contributed by atoms with E-state index >= 15 is 0 Å². The highest BCUT2D eigenvalue weighted by Gasteiger charge is 2.11. The van der Waals surface area contributed by atoms with Crippen LogP contribution in [0.4, 0.5) is 0 Å². The van der Waals surface area contributed by atoms with Crippen molar-refractivity contribution in [1.82, 2.24) is 0 Å². The van der Waals surface area contributed by atoms with Crippen LogP contribution in [0, 0.1) is 0 Å². The van der Waals surface area contributed by atoms with Crippen molar-refractivity contribution in [2.24, 2.45) is 0 Å². The van der Waals surface area contributed by atoms with E-state index < -0.39 is 0 Å². The normalized spacial score (nSPS) is 9.95. The lowest BCUT2D eigenvalue weighted by Crippen LogP contribution is -2.07. The van der Waals surface area contributed by atoms with E-state index in [2.05, 4.69) is 13.2 Å². The maximum Gasteiger partial charge on any atom is 0.311 e. The number of allylic oxidation sites excluding steroid dienone is 2. The fourth-order valence-corrected chi connectivity index (χ4v) is 1.80. The van der Waals surface area contributed by atoms with Crippen molar-refractivity contribution in [3.05, 3.63) is 48.6 Å². The van der Waals surface area contributed by atoms with Crippen molar-refractivity contribution >= 4 is 5.97 Å². The number of hydrogen-bond donors (Lipinski definition) is 1. The maximum atomic E-state index is 11.5. The highest BCUT2D eigenvalue weighted by Crippen LogP contribution is 2.30. The van der Waals surface area contributed by atoms with Gasteiger partial charge in [-0.25, -0.2) is 0 Å². The average Bonchev–Trinajstić information content (AvgIpc) is 2.35. The third-order valence-corrected chi connectivity index (χ3v) is 2.66. The van der Waals surface area contributed by atoms with Gasteiger partial charge in [-0.3, -0.25) is 4.79 Å². The minimum atomic E-state index is -0.262. The van der Waals surface area contributed by atoms with Crippen LogP contribution in [0.15, 0.2) is 37.4 Å². The minimum absolute atomic E-state index is 0.218. The van der Waals surface area contributed by atoms with Gasteiger partial charge in [-0.15, -0.1) is 13.2 Å². The molecule has 1 aromatic rings. The number of ether oxygens (including phenoxy) is 1. The molecule has 0 spiro atoms. The Hall–Kier alpha value is -2.03. The van der Waals surface area contributed by atoms with Crippen molar-refractivity contribution in [2.75, 3.05) is 0 Å². The molecule has 0 saturated heterocycles. The van der Waals surface area contributed by atoms with E-state index in [9.17, 15) is 9.90 Å². The number of aromatic hydroxyl groups is 1. The zero-order chi connectivity index (χ0) is 14.3. The van der Waals surface area contributed by atoms with Crippen LogP contribution in [0.3, 0.4) is 0 Å². The lowest BCUT2D eigenvalue weighted by molar-refractivity contribution is -0.134. The first-order chi connectivity index (χ1) is 9.12. The second-order valence-corrected chi connectivity index (χ2v) is 4.30. The summed E-state index contributed by atoms with van der Waals surface area (Å²) in [5.41, 5.74) is 1.40. The molecule has 1 rings (SSSR count). The summed E-state index contributed by atoms with van der Waals surface area (Å²) in [7, 11) is 0. The summed E-state index contributed by atoms with van der Waals surface area (Å²) in [4.78, 5) is 11.5. The molecule has 0 bridgehead atoms. The van der Waals surface area contributed by atoms with Crippen LogP contribution in [-0.4, -0.2) is 11.1 Å². The SMILES string of the molecule is C=CCc1cc(OC(=O)CCC)cc(CC=C)c1O. The van der Waals surface area contributed by atoms with E-state index in [0.29, 0.717) is 36.1 Å². The number of carbonyl (C=O) groups is 1. The monoisotopic (exact) mass is 260 g/mol. The van der Waals surface area contributed by atoms with Crippen LogP contribution >= 0.6 is 0 Å². The molecule has 0 aromatic heterocycles. The number of hydrogen-bond acceptors (Lipinski definition) is 3. The van der Waals surface area contributed by atoms with Crippen LogP contribution in [-0.2, 0) is 17.6 Å². The van der Waals surface area contributed by atoms with Gasteiger partial charge in [0.1, 0.15) is 11.5 Å². The Morgan fingerprint density at radius 3 is 2.21 bits per heavy atom. The Morgan fingerprint density at radius 1 is 1.26 bits per heavy atom. The summed E-state index contributed by atoms with van der Waals surface area (Å²) < 4.78 is 5.27. The van der Waals surface area contributed by atoms with E-state index in [0.717, 1.165) is 6.42 Å². The predicted molar refractivity (Wildman–Crippen MR) is 76.5 cm³/mol. The fourth-order valence-electron chi connectivity index (χ4n) is 1.80. The standard InChI is InChI=1S/C16H20O3/c1-4-7-12-10-14(19-15(17)9-6-3)11-13(8-5-2)16(12)18/h4-5,10-11,18H,1-2,6-9H2,3H3. The van der Waals surface area contributed by atoms with Gasteiger partial charge in [0.15, 0.2) is 0 Å².